The van der Waals surface area contributed by atoms with Gasteiger partial charge >= 0.3 is 0 Å². The van der Waals surface area contributed by atoms with E-state index < -0.39 is 11.5 Å². The SMILES string of the molecule is N#CC1(C(O)c2nccs2)COc2ccccc2C1. The van der Waals surface area contributed by atoms with Gasteiger partial charge in [0.1, 0.15) is 28.9 Å². The Kier molecular flexibility index (Phi) is 2.97. The summed E-state index contributed by atoms with van der Waals surface area (Å²) in [6.07, 6.45) is 1.18. The van der Waals surface area contributed by atoms with Crippen LogP contribution in [-0.4, -0.2) is 16.7 Å². The lowest BCUT2D eigenvalue weighted by molar-refractivity contribution is 0.0170. The van der Waals surface area contributed by atoms with Crippen molar-refractivity contribution in [1.82, 2.24) is 4.98 Å². The average Bonchev–Trinajstić information content (AvgIpc) is 3.00. The molecule has 3 rings (SSSR count). The van der Waals surface area contributed by atoms with Crippen LogP contribution in [0.4, 0.5) is 0 Å². The van der Waals surface area contributed by atoms with Crippen LogP contribution >= 0.6 is 11.3 Å². The normalized spacial score (nSPS) is 22.9. The molecule has 0 saturated carbocycles. The van der Waals surface area contributed by atoms with Crippen molar-refractivity contribution in [2.24, 2.45) is 5.41 Å². The Bertz CT molecular complexity index is 621. The fourth-order valence-electron chi connectivity index (χ4n) is 2.30. The molecule has 2 atom stereocenters. The van der Waals surface area contributed by atoms with Crippen LogP contribution in [0.15, 0.2) is 35.8 Å². The molecule has 4 nitrogen and oxygen atoms in total. The number of rotatable bonds is 2. The van der Waals surface area contributed by atoms with Crippen molar-refractivity contribution in [1.29, 1.82) is 5.26 Å². The number of aliphatic hydroxyl groups excluding tert-OH is 1. The van der Waals surface area contributed by atoms with Crippen LogP contribution in [0.1, 0.15) is 16.7 Å². The number of thiazole rings is 1. The van der Waals surface area contributed by atoms with Crippen molar-refractivity contribution < 1.29 is 9.84 Å². The van der Waals surface area contributed by atoms with E-state index >= 15 is 0 Å². The van der Waals surface area contributed by atoms with Crippen molar-refractivity contribution >= 4 is 11.3 Å². The van der Waals surface area contributed by atoms with Gasteiger partial charge < -0.3 is 9.84 Å². The highest BCUT2D eigenvalue weighted by molar-refractivity contribution is 7.09. The first kappa shape index (κ1) is 12.2. The number of para-hydroxylation sites is 1. The maximum absolute atomic E-state index is 10.5. The predicted octanol–water partition coefficient (Wildman–Crippen LogP) is 2.32. The number of fused-ring (bicyclic) bond motifs is 1. The average molecular weight is 272 g/mol. The molecular formula is C14H12N2O2S. The second-order valence-electron chi connectivity index (χ2n) is 4.61. The van der Waals surface area contributed by atoms with Crippen molar-refractivity contribution in [3.8, 4) is 11.8 Å². The number of benzene rings is 1. The molecule has 0 spiro atoms. The number of aromatic nitrogens is 1. The Labute approximate surface area is 114 Å². The predicted molar refractivity (Wildman–Crippen MR) is 70.8 cm³/mol. The molecule has 0 radical (unpaired) electrons. The summed E-state index contributed by atoms with van der Waals surface area (Å²) in [7, 11) is 0. The van der Waals surface area contributed by atoms with Crippen molar-refractivity contribution in [3.05, 3.63) is 46.4 Å². The molecule has 1 aromatic heterocycles. The zero-order valence-corrected chi connectivity index (χ0v) is 10.9. The van der Waals surface area contributed by atoms with Gasteiger partial charge in [0, 0.05) is 18.0 Å². The molecule has 2 heterocycles. The smallest absolute Gasteiger partial charge is 0.128 e. The Morgan fingerprint density at radius 3 is 3.05 bits per heavy atom. The van der Waals surface area contributed by atoms with Crippen LogP contribution in [0.25, 0.3) is 0 Å². The Balaban J connectivity index is 1.97. The van der Waals surface area contributed by atoms with Crippen molar-refractivity contribution in [3.63, 3.8) is 0 Å². The minimum Gasteiger partial charge on any atom is -0.492 e. The van der Waals surface area contributed by atoms with Crippen LogP contribution in [0, 0.1) is 16.7 Å². The summed E-state index contributed by atoms with van der Waals surface area (Å²) >= 11 is 1.35. The van der Waals surface area contributed by atoms with Crippen LogP contribution in [0.3, 0.4) is 0 Å². The number of hydrogen-bond acceptors (Lipinski definition) is 5. The van der Waals surface area contributed by atoms with Gasteiger partial charge in [-0.1, -0.05) is 18.2 Å². The number of hydrogen-bond donors (Lipinski definition) is 1. The van der Waals surface area contributed by atoms with Crippen LogP contribution in [0.5, 0.6) is 5.75 Å². The van der Waals surface area contributed by atoms with Crippen molar-refractivity contribution in [2.45, 2.75) is 12.5 Å². The molecule has 19 heavy (non-hydrogen) atoms. The fraction of sp³-hybridized carbons (Fsp3) is 0.286. The van der Waals surface area contributed by atoms with Gasteiger partial charge in [0.05, 0.1) is 6.07 Å². The highest BCUT2D eigenvalue weighted by Crippen LogP contribution is 2.42. The first-order valence-electron chi connectivity index (χ1n) is 5.94. The third-order valence-corrected chi connectivity index (χ3v) is 4.22. The molecule has 0 bridgehead atoms. The van der Waals surface area contributed by atoms with E-state index in [2.05, 4.69) is 11.1 Å². The molecule has 2 unspecified atom stereocenters. The van der Waals surface area contributed by atoms with Gasteiger partial charge in [-0.2, -0.15) is 5.26 Å². The third kappa shape index (κ3) is 1.99. The molecule has 2 aromatic rings. The molecule has 1 aliphatic rings. The molecule has 96 valence electrons. The summed E-state index contributed by atoms with van der Waals surface area (Å²) in [5.41, 5.74) is -0.0162. The summed E-state index contributed by atoms with van der Waals surface area (Å²) in [6.45, 7) is 0.182. The van der Waals surface area contributed by atoms with Gasteiger partial charge in [0.2, 0.25) is 0 Å². The van der Waals surface area contributed by atoms with E-state index in [1.807, 2.05) is 24.3 Å². The highest BCUT2D eigenvalue weighted by atomic mass is 32.1. The molecule has 0 aliphatic carbocycles. The van der Waals surface area contributed by atoms with Gasteiger partial charge in [-0.3, -0.25) is 0 Å². The second kappa shape index (κ2) is 4.65. The minimum atomic E-state index is -0.966. The minimum absolute atomic E-state index is 0.182. The van der Waals surface area contributed by atoms with Gasteiger partial charge in [0.15, 0.2) is 0 Å². The van der Waals surface area contributed by atoms with Gasteiger partial charge in [-0.05, 0) is 11.6 Å². The van der Waals surface area contributed by atoms with E-state index in [-0.39, 0.29) is 6.61 Å². The van der Waals surface area contributed by atoms with E-state index in [0.29, 0.717) is 11.4 Å². The number of nitriles is 1. The quantitative estimate of drug-likeness (QED) is 0.911. The zero-order valence-electron chi connectivity index (χ0n) is 10.1. The molecule has 1 N–H and O–H groups in total. The molecule has 1 aromatic carbocycles. The standard InChI is InChI=1S/C14H12N2O2S/c15-8-14(12(17)13-16-5-6-19-13)7-10-3-1-2-4-11(10)18-9-14/h1-6,12,17H,7,9H2. The second-order valence-corrected chi connectivity index (χ2v) is 5.54. The summed E-state index contributed by atoms with van der Waals surface area (Å²) in [5.74, 6) is 0.791. The lowest BCUT2D eigenvalue weighted by atomic mass is 9.77. The van der Waals surface area contributed by atoms with E-state index in [9.17, 15) is 10.4 Å². The number of nitrogens with zero attached hydrogens (tertiary/aromatic N) is 2. The third-order valence-electron chi connectivity index (χ3n) is 3.40. The highest BCUT2D eigenvalue weighted by Gasteiger charge is 2.44. The monoisotopic (exact) mass is 272 g/mol. The molecule has 0 amide bonds. The zero-order chi connectivity index (χ0) is 13.3. The van der Waals surface area contributed by atoms with Crippen LogP contribution < -0.4 is 4.74 Å². The Morgan fingerprint density at radius 1 is 1.47 bits per heavy atom. The van der Waals surface area contributed by atoms with E-state index in [4.69, 9.17) is 4.74 Å². The first-order chi connectivity index (χ1) is 9.25. The van der Waals surface area contributed by atoms with Crippen LogP contribution in [0.2, 0.25) is 0 Å². The maximum atomic E-state index is 10.5. The lowest BCUT2D eigenvalue weighted by Gasteiger charge is -2.35. The number of aliphatic hydroxyl groups is 1. The number of ether oxygens (including phenoxy) is 1. The lowest BCUT2D eigenvalue weighted by Crippen LogP contribution is -2.39. The summed E-state index contributed by atoms with van der Waals surface area (Å²) in [6, 6.07) is 9.85. The molecule has 0 saturated heterocycles. The Hall–Kier alpha value is -1.90. The van der Waals surface area contributed by atoms with Crippen molar-refractivity contribution in [2.75, 3.05) is 6.61 Å². The fourth-order valence-corrected chi connectivity index (χ4v) is 3.04. The van der Waals surface area contributed by atoms with Crippen LogP contribution in [-0.2, 0) is 6.42 Å². The molecule has 5 heteroatoms. The maximum Gasteiger partial charge on any atom is 0.128 e. The Morgan fingerprint density at radius 2 is 2.32 bits per heavy atom. The van der Waals surface area contributed by atoms with E-state index in [1.165, 1.54) is 11.3 Å². The molecule has 0 fully saturated rings. The topological polar surface area (TPSA) is 66.1 Å². The molecule has 1 aliphatic heterocycles. The first-order valence-corrected chi connectivity index (χ1v) is 6.82. The van der Waals surface area contributed by atoms with E-state index in [0.717, 1.165) is 11.3 Å². The van der Waals surface area contributed by atoms with Gasteiger partial charge in [-0.15, -0.1) is 11.3 Å². The van der Waals surface area contributed by atoms with Gasteiger partial charge in [0.25, 0.3) is 0 Å². The largest absolute Gasteiger partial charge is 0.492 e. The van der Waals surface area contributed by atoms with Gasteiger partial charge in [-0.25, -0.2) is 4.98 Å². The summed E-state index contributed by atoms with van der Waals surface area (Å²) in [4.78, 5) is 4.10. The molecular weight excluding hydrogens is 260 g/mol. The summed E-state index contributed by atoms with van der Waals surface area (Å²) < 4.78 is 5.64. The summed E-state index contributed by atoms with van der Waals surface area (Å²) in [5, 5.41) is 22.3. The van der Waals surface area contributed by atoms with E-state index in [1.54, 1.807) is 11.6 Å².